The van der Waals surface area contributed by atoms with Gasteiger partial charge in [0.05, 0.1) is 0 Å². The third-order valence-corrected chi connectivity index (χ3v) is 0.722. The minimum absolute atomic E-state index is 0. The van der Waals surface area contributed by atoms with Crippen LogP contribution >= 0.6 is 18.8 Å². The molecule has 0 heterocycles. The summed E-state index contributed by atoms with van der Waals surface area (Å²) >= 11 is -0.472. The normalized spacial score (nSPS) is 7.45. The van der Waals surface area contributed by atoms with Gasteiger partial charge in [0.2, 0.25) is 0 Å². The van der Waals surface area contributed by atoms with Gasteiger partial charge in [0.25, 0.3) is 0 Å². The van der Waals surface area contributed by atoms with Gasteiger partial charge in [-0.1, -0.05) is 20.3 Å². The summed E-state index contributed by atoms with van der Waals surface area (Å²) in [5.41, 5.74) is 6.73. The van der Waals surface area contributed by atoms with Crippen LogP contribution in [-0.4, -0.2) is 17.5 Å². The predicted octanol–water partition coefficient (Wildman–Crippen LogP) is 1.81. The van der Waals surface area contributed by atoms with E-state index in [-0.39, 0.29) is 11.0 Å². The second kappa shape index (κ2) is 22.5. The molecule has 3 nitrogen and oxygen atoms in total. The molecule has 0 saturated heterocycles. The van der Waals surface area contributed by atoms with Crippen LogP contribution < -0.4 is 0 Å². The molecule has 0 unspecified atom stereocenters. The summed E-state index contributed by atoms with van der Waals surface area (Å²) in [4.78, 5) is 0. The quantitative estimate of drug-likeness (QED) is 0.691. The Kier molecular flexibility index (Phi) is 46.5. The van der Waals surface area contributed by atoms with Gasteiger partial charge in [-0.3, -0.25) is 0 Å². The van der Waals surface area contributed by atoms with E-state index in [1.807, 2.05) is 0 Å². The van der Waals surface area contributed by atoms with Crippen molar-refractivity contribution in [3.8, 4) is 0 Å². The van der Waals surface area contributed by atoms with Crippen LogP contribution in [0.3, 0.4) is 0 Å². The van der Waals surface area contributed by atoms with E-state index in [1.54, 1.807) is 0 Å². The zero-order valence-electron chi connectivity index (χ0n) is 6.56. The van der Waals surface area contributed by atoms with E-state index in [4.69, 9.17) is 24.6 Å². The Morgan fingerprint density at radius 2 is 1.55 bits per heavy atom. The fourth-order valence-corrected chi connectivity index (χ4v) is 0.289. The first-order valence-electron chi connectivity index (χ1n) is 2.66. The third-order valence-electron chi connectivity index (χ3n) is 0.722. The summed E-state index contributed by atoms with van der Waals surface area (Å²) in [5, 5.41) is 0. The minimum atomic E-state index is -0.472. The average Bonchev–Trinajstić information content (AvgIpc) is 1.67. The van der Waals surface area contributed by atoms with E-state index in [0.717, 1.165) is 6.42 Å². The van der Waals surface area contributed by atoms with E-state index in [0.29, 0.717) is 12.5 Å². The van der Waals surface area contributed by atoms with Gasteiger partial charge in [-0.05, 0) is 5.92 Å². The van der Waals surface area contributed by atoms with E-state index < -0.39 is 16.5 Å². The van der Waals surface area contributed by atoms with Crippen LogP contribution in [0, 0.1) is 5.92 Å². The fourth-order valence-electron chi connectivity index (χ4n) is 0.289. The molecule has 0 saturated carbocycles. The Morgan fingerprint density at radius 1 is 1.27 bits per heavy atom. The van der Waals surface area contributed by atoms with Crippen molar-refractivity contribution in [2.24, 2.45) is 5.92 Å². The summed E-state index contributed by atoms with van der Waals surface area (Å²) in [6.45, 7) is 4.85. The van der Waals surface area contributed by atoms with Gasteiger partial charge < -0.3 is 16.7 Å². The number of nitrogens with one attached hydrogen (secondary N) is 1. The van der Waals surface area contributed by atoms with Crippen molar-refractivity contribution in [2.75, 3.05) is 6.54 Å². The molecule has 0 aliphatic rings. The Labute approximate surface area is 84.6 Å². The number of hydrogen-bond acceptors (Lipinski definition) is 0. The Bertz CT molecular complexity index is 51.5. The number of hydrogen-bond donors (Lipinski definition) is 0. The molecule has 0 spiro atoms. The van der Waals surface area contributed by atoms with E-state index in [1.165, 1.54) is 0 Å². The van der Waals surface area contributed by atoms with Crippen molar-refractivity contribution in [2.45, 2.75) is 20.3 Å². The summed E-state index contributed by atoms with van der Waals surface area (Å²) < 4.78 is 0. The van der Waals surface area contributed by atoms with Gasteiger partial charge in [-0.15, -0.1) is 0 Å². The van der Waals surface area contributed by atoms with E-state index in [2.05, 4.69) is 13.8 Å². The molecule has 0 bridgehead atoms. The predicted molar refractivity (Wildman–Crippen MR) is 47.6 cm³/mol. The van der Waals surface area contributed by atoms with Crippen LogP contribution in [0.5, 0.6) is 0 Å². The topological polar surface area (TPSA) is 86.8 Å². The molecule has 6 heteroatoms. The first kappa shape index (κ1) is 22.7. The van der Waals surface area contributed by atoms with Gasteiger partial charge in [0.1, 0.15) is 0 Å². The number of halogens is 2. The molecule has 0 radical (unpaired) electrons. The molecule has 0 aliphatic carbocycles. The molecule has 0 aromatic heterocycles. The molecule has 11 heavy (non-hydrogen) atoms. The van der Waals surface area contributed by atoms with Crippen LogP contribution in [0.2, 0.25) is 0 Å². The second-order valence-corrected chi connectivity index (χ2v) is 5.26. The molecule has 0 amide bonds. The van der Waals surface area contributed by atoms with Gasteiger partial charge in [-0.25, -0.2) is 0 Å². The monoisotopic (exact) mass is 387 g/mol. The Balaban J connectivity index is -0.0000000437. The molecule has 5 N–H and O–H groups in total. The zero-order valence-corrected chi connectivity index (χ0v) is 10.3. The molecular weight excluding hydrogens is 372 g/mol. The van der Waals surface area contributed by atoms with Crippen molar-refractivity contribution in [1.29, 1.82) is 0 Å². The molecule has 0 aromatic rings. The van der Waals surface area contributed by atoms with Crippen LogP contribution in [0.25, 0.3) is 5.73 Å². The standard InChI is InChI=1S/C5H12N.2ClH.2H2O.Pt/c1-5(2)3-4-6;;;;;/h5-6H,3-4H2,1-2H3;2*1H;2*1H2;/q-1;;;;;+4/p-2. The number of rotatable bonds is 2. The average molecular weight is 388 g/mol. The zero-order chi connectivity index (χ0) is 7.70. The molecule has 0 rings (SSSR count). The molecule has 0 fully saturated rings. The van der Waals surface area contributed by atoms with Crippen LogP contribution in [0.15, 0.2) is 0 Å². The Morgan fingerprint density at radius 3 is 1.55 bits per heavy atom. The molecular formula is C5H16Cl2NO2Pt+. The molecule has 0 atom stereocenters. The van der Waals surface area contributed by atoms with Crippen molar-refractivity contribution >= 4 is 18.8 Å². The van der Waals surface area contributed by atoms with Crippen LogP contribution in [0.1, 0.15) is 20.3 Å². The molecule has 0 aliphatic heterocycles. The first-order chi connectivity index (χ1) is 4.18. The molecule has 0 aromatic carbocycles. The van der Waals surface area contributed by atoms with Gasteiger partial charge in [0, 0.05) is 0 Å². The maximum atomic E-state index is 6.73. The van der Waals surface area contributed by atoms with Crippen molar-refractivity contribution in [3.05, 3.63) is 5.73 Å². The Hall–Kier alpha value is 1.15. The molecule has 76 valence electrons. The van der Waals surface area contributed by atoms with E-state index in [9.17, 15) is 0 Å². The summed E-state index contributed by atoms with van der Waals surface area (Å²) in [5.74, 6) is 0.711. The van der Waals surface area contributed by atoms with Gasteiger partial charge in [-0.2, -0.15) is 6.54 Å². The summed E-state index contributed by atoms with van der Waals surface area (Å²) in [6.07, 6.45) is 1.04. The maximum absolute atomic E-state index is 6.73. The van der Waals surface area contributed by atoms with Crippen molar-refractivity contribution in [3.63, 3.8) is 0 Å². The summed E-state index contributed by atoms with van der Waals surface area (Å²) in [7, 11) is 9.75. The summed E-state index contributed by atoms with van der Waals surface area (Å²) in [6, 6.07) is 0. The third kappa shape index (κ3) is 54.2. The first-order valence-corrected chi connectivity index (χ1v) is 8.29. The van der Waals surface area contributed by atoms with Crippen LogP contribution in [-0.2, 0) is 16.5 Å². The second-order valence-electron chi connectivity index (χ2n) is 1.98. The SMILES string of the molecule is CC(C)CC[NH-].O.O.[Cl][Pt+2][Cl]. The van der Waals surface area contributed by atoms with Crippen molar-refractivity contribution < 1.29 is 27.4 Å². The van der Waals surface area contributed by atoms with Gasteiger partial charge >= 0.3 is 35.3 Å². The van der Waals surface area contributed by atoms with E-state index >= 15 is 0 Å². The van der Waals surface area contributed by atoms with Crippen molar-refractivity contribution in [1.82, 2.24) is 0 Å². The van der Waals surface area contributed by atoms with Gasteiger partial charge in [0.15, 0.2) is 0 Å². The van der Waals surface area contributed by atoms with Crippen LogP contribution in [0.4, 0.5) is 0 Å². The fraction of sp³-hybridized carbons (Fsp3) is 1.00.